The summed E-state index contributed by atoms with van der Waals surface area (Å²) in [4.78, 5) is 11.8. The lowest BCUT2D eigenvalue weighted by Crippen LogP contribution is -2.34. The van der Waals surface area contributed by atoms with Crippen molar-refractivity contribution in [2.45, 2.75) is 12.7 Å². The smallest absolute Gasteiger partial charge is 0.271 e. The summed E-state index contributed by atoms with van der Waals surface area (Å²) in [6.45, 7) is -0.245. The molecule has 23 heavy (non-hydrogen) atoms. The molecule has 8 heteroatoms. The van der Waals surface area contributed by atoms with Crippen LogP contribution in [0.4, 0.5) is 0 Å². The Labute approximate surface area is 133 Å². The fourth-order valence-corrected chi connectivity index (χ4v) is 1.77. The summed E-state index contributed by atoms with van der Waals surface area (Å²) >= 11 is 0. The Morgan fingerprint density at radius 2 is 2.17 bits per heavy atom. The van der Waals surface area contributed by atoms with Gasteiger partial charge in [-0.05, 0) is 18.2 Å². The minimum absolute atomic E-state index is 0.0438. The highest BCUT2D eigenvalue weighted by atomic mass is 16.5. The second kappa shape index (κ2) is 8.16. The van der Waals surface area contributed by atoms with Crippen LogP contribution in [-0.2, 0) is 6.61 Å². The highest BCUT2D eigenvalue weighted by Crippen LogP contribution is 2.19. The minimum atomic E-state index is -0.992. The number of carbonyl (C=O) groups excluding carboxylic acids is 1. The molecule has 1 amide bonds. The van der Waals surface area contributed by atoms with Crippen LogP contribution < -0.4 is 14.8 Å². The number of ether oxygens (including phenoxy) is 2. The third kappa shape index (κ3) is 4.97. The molecule has 0 bridgehead atoms. The highest BCUT2D eigenvalue weighted by Gasteiger charge is 2.12. The zero-order chi connectivity index (χ0) is 16.7. The van der Waals surface area contributed by atoms with Gasteiger partial charge >= 0.3 is 0 Å². The number of aromatic amines is 1. The van der Waals surface area contributed by atoms with Crippen LogP contribution in [0.3, 0.4) is 0 Å². The van der Waals surface area contributed by atoms with Gasteiger partial charge < -0.3 is 25.0 Å². The average Bonchev–Trinajstić information content (AvgIpc) is 3.06. The molecule has 8 nitrogen and oxygen atoms in total. The van der Waals surface area contributed by atoms with E-state index >= 15 is 0 Å². The fourth-order valence-electron chi connectivity index (χ4n) is 1.77. The molecule has 0 saturated heterocycles. The van der Waals surface area contributed by atoms with Gasteiger partial charge in [-0.3, -0.25) is 9.89 Å². The summed E-state index contributed by atoms with van der Waals surface area (Å²) < 4.78 is 10.7. The van der Waals surface area contributed by atoms with E-state index in [4.69, 9.17) is 14.6 Å². The van der Waals surface area contributed by atoms with Crippen molar-refractivity contribution in [1.29, 1.82) is 0 Å². The molecule has 1 aromatic carbocycles. The van der Waals surface area contributed by atoms with Crippen LogP contribution in [0.1, 0.15) is 16.2 Å². The number of carbonyl (C=O) groups is 1. The van der Waals surface area contributed by atoms with E-state index in [1.165, 1.54) is 0 Å². The number of nitrogens with one attached hydrogen (secondary N) is 2. The number of hydrogen-bond donors (Lipinski definition) is 4. The second-order valence-electron chi connectivity index (χ2n) is 4.79. The second-order valence-corrected chi connectivity index (χ2v) is 4.79. The third-order valence-corrected chi connectivity index (χ3v) is 3.01. The first-order chi connectivity index (χ1) is 11.1. The molecule has 0 spiro atoms. The molecule has 1 unspecified atom stereocenters. The zero-order valence-electron chi connectivity index (χ0n) is 12.7. The number of aromatic nitrogens is 2. The fraction of sp³-hybridized carbons (Fsp3) is 0.333. The number of nitrogens with zero attached hydrogens (tertiary/aromatic N) is 1. The van der Waals surface area contributed by atoms with Gasteiger partial charge in [-0.15, -0.1) is 0 Å². The van der Waals surface area contributed by atoms with Gasteiger partial charge in [0, 0.05) is 12.6 Å². The molecule has 0 saturated carbocycles. The van der Waals surface area contributed by atoms with Crippen molar-refractivity contribution < 1.29 is 24.5 Å². The Bertz CT molecular complexity index is 644. The van der Waals surface area contributed by atoms with E-state index in [-0.39, 0.29) is 18.8 Å². The van der Waals surface area contributed by atoms with E-state index in [1.807, 2.05) is 12.1 Å². The molecule has 0 fully saturated rings. The summed E-state index contributed by atoms with van der Waals surface area (Å²) in [6.07, 6.45) is -0.992. The predicted octanol–water partition coefficient (Wildman–Crippen LogP) is 0.0803. The van der Waals surface area contributed by atoms with Crippen molar-refractivity contribution in [3.63, 3.8) is 0 Å². The number of H-pyrrole nitrogens is 1. The predicted molar refractivity (Wildman–Crippen MR) is 81.3 cm³/mol. The van der Waals surface area contributed by atoms with Crippen LogP contribution in [0, 0.1) is 0 Å². The van der Waals surface area contributed by atoms with Gasteiger partial charge in [0.2, 0.25) is 0 Å². The lowest BCUT2D eigenvalue weighted by molar-refractivity contribution is 0.0798. The molecular formula is C15H19N3O5. The lowest BCUT2D eigenvalue weighted by Gasteiger charge is -2.07. The molecule has 0 aliphatic carbocycles. The van der Waals surface area contributed by atoms with Gasteiger partial charge in [0.25, 0.3) is 5.91 Å². The maximum absolute atomic E-state index is 11.8. The number of aliphatic hydroxyl groups is 2. The summed E-state index contributed by atoms with van der Waals surface area (Å²) in [5.74, 6) is 0.881. The van der Waals surface area contributed by atoms with Crippen LogP contribution in [-0.4, -0.2) is 52.7 Å². The minimum Gasteiger partial charge on any atom is -0.497 e. The van der Waals surface area contributed by atoms with Gasteiger partial charge in [-0.25, -0.2) is 0 Å². The van der Waals surface area contributed by atoms with Crippen molar-refractivity contribution >= 4 is 5.91 Å². The van der Waals surface area contributed by atoms with Gasteiger partial charge in [-0.1, -0.05) is 6.07 Å². The summed E-state index contributed by atoms with van der Waals surface area (Å²) in [6, 6.07) is 8.72. The maximum atomic E-state index is 11.8. The van der Waals surface area contributed by atoms with Crippen LogP contribution >= 0.6 is 0 Å². The summed E-state index contributed by atoms with van der Waals surface area (Å²) in [5.41, 5.74) is 0.806. The Balaban J connectivity index is 1.87. The number of aliphatic hydroxyl groups excluding tert-OH is 2. The first-order valence-electron chi connectivity index (χ1n) is 7.00. The van der Waals surface area contributed by atoms with Gasteiger partial charge in [0.1, 0.15) is 23.8 Å². The topological polar surface area (TPSA) is 117 Å². The lowest BCUT2D eigenvalue weighted by atomic mass is 10.3. The van der Waals surface area contributed by atoms with Crippen molar-refractivity contribution in [3.8, 4) is 11.5 Å². The molecule has 124 valence electrons. The first kappa shape index (κ1) is 16.8. The van der Waals surface area contributed by atoms with E-state index in [1.54, 1.807) is 25.3 Å². The standard InChI is InChI=1S/C15H19N3O5/c1-22-12-3-2-4-13(6-12)23-9-10-5-14(18-17-10)15(21)16-7-11(20)8-19/h2-6,11,19-20H,7-9H2,1H3,(H,16,21)(H,17,18). The van der Waals surface area contributed by atoms with Crippen LogP contribution in [0.2, 0.25) is 0 Å². The monoisotopic (exact) mass is 321 g/mol. The molecule has 1 heterocycles. The number of hydrogen-bond acceptors (Lipinski definition) is 6. The molecule has 1 atom stereocenters. The van der Waals surface area contributed by atoms with Crippen LogP contribution in [0.5, 0.6) is 11.5 Å². The highest BCUT2D eigenvalue weighted by molar-refractivity contribution is 5.92. The number of benzene rings is 1. The first-order valence-corrected chi connectivity index (χ1v) is 7.00. The third-order valence-electron chi connectivity index (χ3n) is 3.01. The van der Waals surface area contributed by atoms with Gasteiger partial charge in [-0.2, -0.15) is 5.10 Å². The maximum Gasteiger partial charge on any atom is 0.271 e. The molecule has 1 aromatic heterocycles. The molecule has 2 rings (SSSR count). The van der Waals surface area contributed by atoms with Crippen molar-refractivity contribution in [2.75, 3.05) is 20.3 Å². The van der Waals surface area contributed by atoms with E-state index < -0.39 is 18.6 Å². The van der Waals surface area contributed by atoms with Crippen molar-refractivity contribution in [2.24, 2.45) is 0 Å². The molecule has 0 aliphatic rings. The normalized spacial score (nSPS) is 11.8. The van der Waals surface area contributed by atoms with Crippen LogP contribution in [0.25, 0.3) is 0 Å². The molecule has 0 radical (unpaired) electrons. The Kier molecular flexibility index (Phi) is 5.95. The Morgan fingerprint density at radius 3 is 2.91 bits per heavy atom. The van der Waals surface area contributed by atoms with E-state index in [2.05, 4.69) is 15.5 Å². The zero-order valence-corrected chi connectivity index (χ0v) is 12.7. The summed E-state index contributed by atoms with van der Waals surface area (Å²) in [5, 5.41) is 26.9. The van der Waals surface area contributed by atoms with E-state index in [0.29, 0.717) is 17.2 Å². The number of amides is 1. The largest absolute Gasteiger partial charge is 0.497 e. The van der Waals surface area contributed by atoms with Crippen molar-refractivity contribution in [1.82, 2.24) is 15.5 Å². The molecule has 2 aromatic rings. The number of rotatable bonds is 8. The number of methoxy groups -OCH3 is 1. The average molecular weight is 321 g/mol. The van der Waals surface area contributed by atoms with Gasteiger partial charge in [0.05, 0.1) is 25.5 Å². The molecule has 4 N–H and O–H groups in total. The van der Waals surface area contributed by atoms with E-state index in [0.717, 1.165) is 0 Å². The Hall–Kier alpha value is -2.58. The van der Waals surface area contributed by atoms with Gasteiger partial charge in [0.15, 0.2) is 0 Å². The molecular weight excluding hydrogens is 302 g/mol. The summed E-state index contributed by atoms with van der Waals surface area (Å²) in [7, 11) is 1.58. The van der Waals surface area contributed by atoms with Crippen LogP contribution in [0.15, 0.2) is 30.3 Å². The Morgan fingerprint density at radius 1 is 1.39 bits per heavy atom. The molecule has 0 aliphatic heterocycles. The quantitative estimate of drug-likeness (QED) is 0.547. The van der Waals surface area contributed by atoms with Crippen molar-refractivity contribution in [3.05, 3.63) is 41.7 Å². The SMILES string of the molecule is COc1cccc(OCc2cc(C(=O)NCC(O)CO)n[nH]2)c1. The van der Waals surface area contributed by atoms with E-state index in [9.17, 15) is 9.90 Å².